The van der Waals surface area contributed by atoms with Crippen LogP contribution in [-0.2, 0) is 16.1 Å². The fourth-order valence-electron chi connectivity index (χ4n) is 2.39. The molecule has 7 nitrogen and oxygen atoms in total. The third-order valence-electron chi connectivity index (χ3n) is 3.76. The Labute approximate surface area is 155 Å². The maximum absolute atomic E-state index is 12.5. The van der Waals surface area contributed by atoms with Gasteiger partial charge in [-0.1, -0.05) is 6.07 Å². The van der Waals surface area contributed by atoms with E-state index >= 15 is 0 Å². The van der Waals surface area contributed by atoms with Gasteiger partial charge in [0.05, 0.1) is 37.9 Å². The van der Waals surface area contributed by atoms with Crippen LogP contribution < -0.4 is 10.1 Å². The second-order valence-corrected chi connectivity index (χ2v) is 5.81. The van der Waals surface area contributed by atoms with Crippen LogP contribution in [0.2, 0.25) is 0 Å². The lowest BCUT2D eigenvalue weighted by molar-refractivity contribution is -0.126. The summed E-state index contributed by atoms with van der Waals surface area (Å²) in [6.45, 7) is 1.74. The Morgan fingerprint density at radius 2 is 2.15 bits per heavy atom. The van der Waals surface area contributed by atoms with Crippen molar-refractivity contribution in [3.05, 3.63) is 47.9 Å². The van der Waals surface area contributed by atoms with E-state index in [1.165, 1.54) is 31.6 Å². The molecule has 3 rings (SSSR count). The number of aliphatic hydroxyl groups is 1. The van der Waals surface area contributed by atoms with Gasteiger partial charge in [0.1, 0.15) is 6.10 Å². The molecule has 2 N–H and O–H groups in total. The smallest absolute Gasteiger partial charge is 0.254 e. The third-order valence-corrected chi connectivity index (χ3v) is 3.76. The van der Waals surface area contributed by atoms with Crippen molar-refractivity contribution in [2.75, 3.05) is 12.4 Å². The van der Waals surface area contributed by atoms with Crippen molar-refractivity contribution < 1.29 is 28.2 Å². The van der Waals surface area contributed by atoms with E-state index in [0.29, 0.717) is 11.5 Å². The van der Waals surface area contributed by atoms with E-state index in [-0.39, 0.29) is 24.4 Å². The Bertz CT molecular complexity index is 776. The van der Waals surface area contributed by atoms with Crippen LogP contribution in [0.3, 0.4) is 0 Å². The van der Waals surface area contributed by atoms with E-state index < -0.39 is 17.7 Å². The summed E-state index contributed by atoms with van der Waals surface area (Å²) in [4.78, 5) is 19.7. The highest BCUT2D eigenvalue weighted by molar-refractivity contribution is 5.93. The Kier molecular flexibility index (Phi) is 7.56. The molecule has 2 unspecified atom stereocenters. The Hall–Kier alpha value is -2.65. The molecule has 0 bridgehead atoms. The van der Waals surface area contributed by atoms with Gasteiger partial charge in [-0.25, -0.2) is 9.37 Å². The van der Waals surface area contributed by atoms with Crippen molar-refractivity contribution in [3.8, 4) is 5.75 Å². The standard InChI is InChI=1S/C11H15N3O3.C7H6F2O/c1-7-2-3-9(17-7)11(16)14-10-5-12-4-8(6-15)13-10;1-10-6-4-2-3-5(8)7(6)9/h4-5,7,9,15H,2-3,6H2,1H3,(H,13,14,16);2-4H,1H3. The summed E-state index contributed by atoms with van der Waals surface area (Å²) in [5.74, 6) is -1.77. The molecule has 2 heterocycles. The first kappa shape index (κ1) is 20.7. The molecular formula is C18H21F2N3O4. The van der Waals surface area contributed by atoms with E-state index in [1.54, 1.807) is 0 Å². The van der Waals surface area contributed by atoms with Crippen LogP contribution in [-0.4, -0.2) is 40.3 Å². The Morgan fingerprint density at radius 1 is 1.37 bits per heavy atom. The van der Waals surface area contributed by atoms with Crippen molar-refractivity contribution in [2.45, 2.75) is 38.6 Å². The molecule has 1 aliphatic heterocycles. The molecule has 1 aliphatic rings. The largest absolute Gasteiger partial charge is 0.494 e. The van der Waals surface area contributed by atoms with Crippen LogP contribution in [0.4, 0.5) is 14.6 Å². The van der Waals surface area contributed by atoms with Crippen molar-refractivity contribution >= 4 is 11.7 Å². The fourth-order valence-corrected chi connectivity index (χ4v) is 2.39. The van der Waals surface area contributed by atoms with E-state index in [2.05, 4.69) is 20.0 Å². The topological polar surface area (TPSA) is 93.6 Å². The number of rotatable bonds is 4. The van der Waals surface area contributed by atoms with Crippen LogP contribution in [0, 0.1) is 11.6 Å². The molecule has 9 heteroatoms. The molecule has 27 heavy (non-hydrogen) atoms. The predicted octanol–water partition coefficient (Wildman–Crippen LogP) is 2.45. The minimum absolute atomic E-state index is 0.0694. The molecular weight excluding hydrogens is 360 g/mol. The maximum Gasteiger partial charge on any atom is 0.254 e. The maximum atomic E-state index is 12.5. The average molecular weight is 381 g/mol. The zero-order valence-corrected chi connectivity index (χ0v) is 15.0. The number of carbonyl (C=O) groups is 1. The minimum atomic E-state index is -0.940. The van der Waals surface area contributed by atoms with Crippen LogP contribution in [0.15, 0.2) is 30.6 Å². The number of nitrogens with zero attached hydrogens (tertiary/aromatic N) is 2. The van der Waals surface area contributed by atoms with E-state index in [1.807, 2.05) is 6.92 Å². The van der Waals surface area contributed by atoms with Crippen LogP contribution in [0.25, 0.3) is 0 Å². The molecule has 0 spiro atoms. The molecule has 1 amide bonds. The number of ether oxygens (including phenoxy) is 2. The van der Waals surface area contributed by atoms with Crippen LogP contribution in [0.5, 0.6) is 5.75 Å². The predicted molar refractivity (Wildman–Crippen MR) is 93.1 cm³/mol. The number of hydrogen-bond acceptors (Lipinski definition) is 6. The van der Waals surface area contributed by atoms with E-state index in [0.717, 1.165) is 18.9 Å². The molecule has 0 saturated carbocycles. The second-order valence-electron chi connectivity index (χ2n) is 5.81. The summed E-state index contributed by atoms with van der Waals surface area (Å²) >= 11 is 0. The molecule has 1 fully saturated rings. The third kappa shape index (κ3) is 5.93. The minimum Gasteiger partial charge on any atom is -0.494 e. The lowest BCUT2D eigenvalue weighted by atomic mass is 10.2. The summed E-state index contributed by atoms with van der Waals surface area (Å²) in [5.41, 5.74) is 0.420. The monoisotopic (exact) mass is 381 g/mol. The molecule has 1 aromatic carbocycles. The van der Waals surface area contributed by atoms with Crippen molar-refractivity contribution in [1.82, 2.24) is 9.97 Å². The summed E-state index contributed by atoms with van der Waals surface area (Å²) in [6.07, 6.45) is 4.21. The molecule has 2 atom stereocenters. The molecule has 1 aromatic heterocycles. The van der Waals surface area contributed by atoms with Gasteiger partial charge in [-0.3, -0.25) is 9.78 Å². The normalized spacial score (nSPS) is 18.4. The van der Waals surface area contributed by atoms with Crippen LogP contribution in [0.1, 0.15) is 25.5 Å². The van der Waals surface area contributed by atoms with Gasteiger partial charge in [-0.05, 0) is 31.9 Å². The number of benzene rings is 1. The van der Waals surface area contributed by atoms with Gasteiger partial charge < -0.3 is 19.9 Å². The van der Waals surface area contributed by atoms with Crippen molar-refractivity contribution in [1.29, 1.82) is 0 Å². The van der Waals surface area contributed by atoms with E-state index in [4.69, 9.17) is 9.84 Å². The second kappa shape index (κ2) is 9.89. The van der Waals surface area contributed by atoms with Gasteiger partial charge in [0, 0.05) is 0 Å². The molecule has 146 valence electrons. The number of carbonyl (C=O) groups excluding carboxylic acids is 1. The highest BCUT2D eigenvalue weighted by Crippen LogP contribution is 2.20. The molecule has 0 aliphatic carbocycles. The van der Waals surface area contributed by atoms with Gasteiger partial charge in [0.25, 0.3) is 5.91 Å². The quantitative estimate of drug-likeness (QED) is 0.845. The summed E-state index contributed by atoms with van der Waals surface area (Å²) in [7, 11) is 1.29. The fraction of sp³-hybridized carbons (Fsp3) is 0.389. The average Bonchev–Trinajstić information content (AvgIpc) is 3.11. The Balaban J connectivity index is 0.000000223. The SMILES string of the molecule is CC1CCC(C(=O)Nc2cncc(CO)n2)O1.COc1cccc(F)c1F. The number of halogens is 2. The summed E-state index contributed by atoms with van der Waals surface area (Å²) < 4.78 is 34.8. The molecule has 1 saturated heterocycles. The molecule has 0 radical (unpaired) electrons. The lowest BCUT2D eigenvalue weighted by Gasteiger charge is -2.11. The number of amides is 1. The van der Waals surface area contributed by atoms with Crippen molar-refractivity contribution in [3.63, 3.8) is 0 Å². The van der Waals surface area contributed by atoms with Crippen LogP contribution >= 0.6 is 0 Å². The number of anilines is 1. The number of methoxy groups -OCH3 is 1. The van der Waals surface area contributed by atoms with Gasteiger partial charge in [-0.15, -0.1) is 0 Å². The number of nitrogens with one attached hydrogen (secondary N) is 1. The summed E-state index contributed by atoms with van der Waals surface area (Å²) in [6, 6.07) is 3.79. The van der Waals surface area contributed by atoms with E-state index in [9.17, 15) is 13.6 Å². The first-order chi connectivity index (χ1) is 12.9. The Morgan fingerprint density at radius 3 is 2.74 bits per heavy atom. The molecule has 2 aromatic rings. The first-order valence-electron chi connectivity index (χ1n) is 8.30. The number of hydrogen-bond donors (Lipinski definition) is 2. The highest BCUT2D eigenvalue weighted by atomic mass is 19.2. The zero-order valence-electron chi connectivity index (χ0n) is 15.0. The number of aliphatic hydroxyl groups excluding tert-OH is 1. The van der Waals surface area contributed by atoms with Gasteiger partial charge in [0.15, 0.2) is 17.4 Å². The lowest BCUT2D eigenvalue weighted by Crippen LogP contribution is -2.28. The highest BCUT2D eigenvalue weighted by Gasteiger charge is 2.28. The van der Waals surface area contributed by atoms with Gasteiger partial charge in [-0.2, -0.15) is 4.39 Å². The van der Waals surface area contributed by atoms with Crippen molar-refractivity contribution in [2.24, 2.45) is 0 Å². The van der Waals surface area contributed by atoms with Gasteiger partial charge >= 0.3 is 0 Å². The number of aromatic nitrogens is 2. The first-order valence-corrected chi connectivity index (χ1v) is 8.30. The van der Waals surface area contributed by atoms with Gasteiger partial charge in [0.2, 0.25) is 5.82 Å². The zero-order chi connectivity index (χ0) is 19.8. The summed E-state index contributed by atoms with van der Waals surface area (Å²) in [5, 5.41) is 11.5.